The molecule has 9 nitrogen and oxygen atoms in total. The fourth-order valence-electron chi connectivity index (χ4n) is 2.77. The maximum absolute atomic E-state index is 10.1. The Hall–Kier alpha value is -0.950. The van der Waals surface area contributed by atoms with Crippen molar-refractivity contribution in [1.82, 2.24) is 8.43 Å². The number of nitrogens with two attached hydrogens (primary N) is 1. The second-order valence-corrected chi connectivity index (χ2v) is 8.02. The predicted octanol–water partition coefficient (Wildman–Crippen LogP) is 2.06. The van der Waals surface area contributed by atoms with Crippen LogP contribution in [0.4, 0.5) is 0 Å². The smallest absolute Gasteiger partial charge is 0.188 e. The molecule has 0 bridgehead atoms. The Kier molecular flexibility index (Phi) is 8.36. The number of aliphatic imine (C=N–C) groups is 1. The van der Waals surface area contributed by atoms with Gasteiger partial charge in [-0.1, -0.05) is 12.1 Å². The summed E-state index contributed by atoms with van der Waals surface area (Å²) < 4.78 is 7.44. The number of hydrazone groups is 1. The van der Waals surface area contributed by atoms with E-state index in [-0.39, 0.29) is 29.9 Å². The Morgan fingerprint density at radius 2 is 2.36 bits per heavy atom. The lowest BCUT2D eigenvalue weighted by molar-refractivity contribution is 0.0629. The van der Waals surface area contributed by atoms with E-state index in [0.29, 0.717) is 18.3 Å². The normalized spacial score (nSPS) is 28.3. The molecule has 25 heavy (non-hydrogen) atoms. The summed E-state index contributed by atoms with van der Waals surface area (Å²) in [5.74, 6) is 7.42. The zero-order chi connectivity index (χ0) is 18.2. The van der Waals surface area contributed by atoms with Crippen LogP contribution in [0.1, 0.15) is 32.6 Å². The molecule has 0 amide bonds. The fraction of sp³-hybridized carbons (Fsp3) is 0.786. The summed E-state index contributed by atoms with van der Waals surface area (Å²) in [4.78, 5) is 14.8. The van der Waals surface area contributed by atoms with Crippen molar-refractivity contribution < 1.29 is 4.74 Å². The van der Waals surface area contributed by atoms with Gasteiger partial charge in [-0.05, 0) is 31.4 Å². The van der Waals surface area contributed by atoms with Gasteiger partial charge in [0, 0.05) is 6.04 Å². The molecule has 2 aliphatic rings. The number of amidine groups is 2. The van der Waals surface area contributed by atoms with Crippen molar-refractivity contribution in [3.05, 3.63) is 4.91 Å². The van der Waals surface area contributed by atoms with Crippen molar-refractivity contribution in [2.45, 2.75) is 50.3 Å². The van der Waals surface area contributed by atoms with Gasteiger partial charge in [-0.3, -0.25) is 8.52 Å². The van der Waals surface area contributed by atoms with Crippen molar-refractivity contribution in [3.63, 3.8) is 0 Å². The highest BCUT2D eigenvalue weighted by molar-refractivity contribution is 14.1. The van der Waals surface area contributed by atoms with Crippen LogP contribution in [0.2, 0.25) is 0 Å². The molecule has 1 heterocycles. The number of nitrogens with zero attached hydrogens (tertiary/aromatic N) is 4. The first kappa shape index (κ1) is 20.4. The predicted molar refractivity (Wildman–Crippen MR) is 110 cm³/mol. The van der Waals surface area contributed by atoms with Gasteiger partial charge < -0.3 is 15.9 Å². The van der Waals surface area contributed by atoms with Crippen LogP contribution < -0.4 is 11.2 Å². The third-order valence-corrected chi connectivity index (χ3v) is 6.57. The Balaban J connectivity index is 1.99. The zero-order valence-electron chi connectivity index (χ0n) is 14.2. The molecule has 3 atom stereocenters. The van der Waals surface area contributed by atoms with Gasteiger partial charge in [0.25, 0.3) is 0 Å². The second kappa shape index (κ2) is 10.3. The first-order valence-corrected chi connectivity index (χ1v) is 10.3. The minimum atomic E-state index is -0.147. The van der Waals surface area contributed by atoms with Gasteiger partial charge in [0.05, 0.1) is 35.6 Å². The molecule has 1 fully saturated rings. The summed E-state index contributed by atoms with van der Waals surface area (Å²) in [6.45, 7) is 2.67. The summed E-state index contributed by atoms with van der Waals surface area (Å²) in [5.41, 5.74) is 0.0614. The molecule has 1 aliphatic heterocycles. The molecule has 140 valence electrons. The number of hydrogen-bond donors (Lipinski definition) is 3. The summed E-state index contributed by atoms with van der Waals surface area (Å²) in [5, 5.41) is 18.2. The largest absolute Gasteiger partial charge is 0.376 e. The molecular weight excluding hydrogens is 457 g/mol. The van der Waals surface area contributed by atoms with Crippen LogP contribution in [0, 0.1) is 10.3 Å². The third-order valence-electron chi connectivity index (χ3n) is 3.95. The van der Waals surface area contributed by atoms with Crippen LogP contribution in [0.15, 0.2) is 15.3 Å². The minimum Gasteiger partial charge on any atom is -0.376 e. The standard InChI is InChI=1S/C14H24IN7O2S/c1-2-7-25-14-20-12(11(16)13(21-17)22(14)15)19-9-3-4-10(8-9)24-6-5-18-23/h9-10,14,16H,2-8,17H2,1H3,(H,19,20)/t9-,10+,14?/m0/s1. The monoisotopic (exact) mass is 481 g/mol. The Bertz CT molecular complexity index is 545. The van der Waals surface area contributed by atoms with Crippen LogP contribution in [0.25, 0.3) is 0 Å². The summed E-state index contributed by atoms with van der Waals surface area (Å²) in [6.07, 6.45) is 3.84. The van der Waals surface area contributed by atoms with Gasteiger partial charge in [-0.25, -0.2) is 4.99 Å². The van der Waals surface area contributed by atoms with Gasteiger partial charge in [0.2, 0.25) is 0 Å². The number of nitroso groups, excluding NO2 is 1. The van der Waals surface area contributed by atoms with E-state index < -0.39 is 0 Å². The van der Waals surface area contributed by atoms with Crippen molar-refractivity contribution in [2.24, 2.45) is 21.1 Å². The lowest BCUT2D eigenvalue weighted by atomic mass is 10.2. The zero-order valence-corrected chi connectivity index (χ0v) is 17.1. The van der Waals surface area contributed by atoms with E-state index in [0.717, 1.165) is 31.4 Å². The van der Waals surface area contributed by atoms with Gasteiger partial charge in [-0.2, -0.15) is 10.0 Å². The van der Waals surface area contributed by atoms with Gasteiger partial charge in [0.15, 0.2) is 17.2 Å². The Labute approximate surface area is 165 Å². The molecule has 0 spiro atoms. The maximum atomic E-state index is 10.1. The lowest BCUT2D eigenvalue weighted by Crippen LogP contribution is -2.50. The van der Waals surface area contributed by atoms with Crippen LogP contribution >= 0.6 is 34.6 Å². The van der Waals surface area contributed by atoms with Crippen molar-refractivity contribution >= 4 is 52.0 Å². The number of ether oxygens (including phenoxy) is 1. The maximum Gasteiger partial charge on any atom is 0.188 e. The molecule has 0 saturated heterocycles. The molecule has 0 aromatic heterocycles. The highest BCUT2D eigenvalue weighted by atomic mass is 127. The Morgan fingerprint density at radius 1 is 1.56 bits per heavy atom. The highest BCUT2D eigenvalue weighted by Crippen LogP contribution is 2.27. The quantitative estimate of drug-likeness (QED) is 0.122. The van der Waals surface area contributed by atoms with E-state index in [2.05, 4.69) is 50.4 Å². The number of nitrogens with one attached hydrogen (secondary N) is 2. The summed E-state index contributed by atoms with van der Waals surface area (Å²) >= 11 is 3.80. The molecule has 1 aliphatic carbocycles. The molecule has 2 rings (SSSR count). The minimum absolute atomic E-state index is 0.117. The van der Waals surface area contributed by atoms with E-state index in [9.17, 15) is 4.91 Å². The molecule has 1 saturated carbocycles. The SMILES string of the molecule is CCCSC1N=C(N[C@H]2CC[C@@H](OCCN=O)C2)C(=N)C(=NN)N1I. The average Bonchev–Trinajstić information content (AvgIpc) is 3.04. The van der Waals surface area contributed by atoms with Crippen molar-refractivity contribution in [3.8, 4) is 0 Å². The van der Waals surface area contributed by atoms with Gasteiger partial charge in [0.1, 0.15) is 12.3 Å². The first-order chi connectivity index (χ1) is 12.1. The van der Waals surface area contributed by atoms with E-state index in [1.54, 1.807) is 14.9 Å². The number of hydrogen-bond acceptors (Lipinski definition) is 9. The van der Waals surface area contributed by atoms with Crippen LogP contribution in [-0.4, -0.2) is 57.0 Å². The van der Waals surface area contributed by atoms with E-state index in [1.165, 1.54) is 0 Å². The third kappa shape index (κ3) is 5.51. The molecule has 11 heteroatoms. The van der Waals surface area contributed by atoms with Crippen LogP contribution in [-0.2, 0) is 4.74 Å². The van der Waals surface area contributed by atoms with E-state index in [4.69, 9.17) is 16.0 Å². The summed E-state index contributed by atoms with van der Waals surface area (Å²) in [7, 11) is 0. The molecule has 1 unspecified atom stereocenters. The topological polar surface area (TPSA) is 129 Å². The number of rotatable bonds is 8. The first-order valence-electron chi connectivity index (χ1n) is 8.29. The fourth-order valence-corrected chi connectivity index (χ4v) is 4.60. The number of thioether (sulfide) groups is 1. The molecular formula is C14H24IN7O2S. The summed E-state index contributed by atoms with van der Waals surface area (Å²) in [6, 6.07) is 0.185. The molecule has 0 aromatic rings. The lowest BCUT2D eigenvalue weighted by Gasteiger charge is -2.31. The van der Waals surface area contributed by atoms with Crippen LogP contribution in [0.5, 0.6) is 0 Å². The molecule has 4 N–H and O–H groups in total. The van der Waals surface area contributed by atoms with Gasteiger partial charge in [-0.15, -0.1) is 11.8 Å². The van der Waals surface area contributed by atoms with E-state index in [1.807, 2.05) is 0 Å². The van der Waals surface area contributed by atoms with Gasteiger partial charge >= 0.3 is 0 Å². The Morgan fingerprint density at radius 3 is 3.04 bits per heavy atom. The highest BCUT2D eigenvalue weighted by Gasteiger charge is 2.34. The average molecular weight is 481 g/mol. The number of halogens is 1. The molecule has 0 radical (unpaired) electrons. The van der Waals surface area contributed by atoms with Crippen LogP contribution in [0.3, 0.4) is 0 Å². The molecule has 0 aromatic carbocycles. The van der Waals surface area contributed by atoms with Crippen molar-refractivity contribution in [2.75, 3.05) is 18.9 Å². The second-order valence-electron chi connectivity index (χ2n) is 5.81. The van der Waals surface area contributed by atoms with Crippen molar-refractivity contribution in [1.29, 1.82) is 5.41 Å². The van der Waals surface area contributed by atoms with E-state index >= 15 is 0 Å².